The summed E-state index contributed by atoms with van der Waals surface area (Å²) in [6.07, 6.45) is 0.537. The van der Waals surface area contributed by atoms with Crippen molar-refractivity contribution >= 4 is 27.7 Å². The molecule has 0 aliphatic carbocycles. The number of carbonyl (C=O) groups is 2. The van der Waals surface area contributed by atoms with Crippen molar-refractivity contribution in [1.29, 1.82) is 0 Å². The molecule has 2 N–H and O–H groups in total. The zero-order chi connectivity index (χ0) is 14.5. The molecule has 0 unspecified atom stereocenters. The third kappa shape index (κ3) is 4.23. The van der Waals surface area contributed by atoms with Crippen LogP contribution < -0.4 is 15.4 Å². The Morgan fingerprint density at radius 3 is 3.00 bits per heavy atom. The summed E-state index contributed by atoms with van der Waals surface area (Å²) in [5.41, 5.74) is 0. The van der Waals surface area contributed by atoms with Crippen molar-refractivity contribution in [2.75, 3.05) is 6.54 Å². The van der Waals surface area contributed by atoms with Crippen LogP contribution in [0, 0.1) is 0 Å². The number of hydrogen-bond donors (Lipinski definition) is 2. The van der Waals surface area contributed by atoms with Gasteiger partial charge < -0.3 is 15.4 Å². The lowest BCUT2D eigenvalue weighted by Crippen LogP contribution is -2.50. The van der Waals surface area contributed by atoms with Crippen LogP contribution in [0.25, 0.3) is 0 Å². The SMILES string of the molecule is C[C@@H](Oc1cccc(Br)c1)C(=O)N[C@H]1CCC(=O)NC1. The molecule has 1 aliphatic heterocycles. The Morgan fingerprint density at radius 2 is 2.35 bits per heavy atom. The number of nitrogens with one attached hydrogen (secondary N) is 2. The lowest BCUT2D eigenvalue weighted by Gasteiger charge is -2.25. The van der Waals surface area contributed by atoms with Gasteiger partial charge in [-0.25, -0.2) is 0 Å². The Bertz CT molecular complexity index is 497. The fourth-order valence-corrected chi connectivity index (χ4v) is 2.35. The molecule has 2 amide bonds. The summed E-state index contributed by atoms with van der Waals surface area (Å²) >= 11 is 3.35. The van der Waals surface area contributed by atoms with Gasteiger partial charge in [-0.3, -0.25) is 9.59 Å². The van der Waals surface area contributed by atoms with Crippen LogP contribution in [-0.4, -0.2) is 30.5 Å². The van der Waals surface area contributed by atoms with E-state index in [0.29, 0.717) is 25.1 Å². The molecule has 1 aromatic carbocycles. The van der Waals surface area contributed by atoms with Crippen molar-refractivity contribution < 1.29 is 14.3 Å². The molecule has 108 valence electrons. The van der Waals surface area contributed by atoms with E-state index in [1.807, 2.05) is 18.2 Å². The van der Waals surface area contributed by atoms with E-state index in [-0.39, 0.29) is 17.9 Å². The minimum Gasteiger partial charge on any atom is -0.481 e. The van der Waals surface area contributed by atoms with Crippen molar-refractivity contribution in [1.82, 2.24) is 10.6 Å². The molecule has 0 saturated carbocycles. The van der Waals surface area contributed by atoms with E-state index in [9.17, 15) is 9.59 Å². The van der Waals surface area contributed by atoms with E-state index in [2.05, 4.69) is 26.6 Å². The van der Waals surface area contributed by atoms with Gasteiger partial charge >= 0.3 is 0 Å². The zero-order valence-corrected chi connectivity index (χ0v) is 12.8. The highest BCUT2D eigenvalue weighted by molar-refractivity contribution is 9.10. The summed E-state index contributed by atoms with van der Waals surface area (Å²) in [4.78, 5) is 23.1. The van der Waals surface area contributed by atoms with Gasteiger partial charge in [-0.1, -0.05) is 22.0 Å². The molecular weight excluding hydrogens is 324 g/mol. The highest BCUT2D eigenvalue weighted by atomic mass is 79.9. The second-order valence-corrected chi connectivity index (χ2v) is 5.68. The monoisotopic (exact) mass is 340 g/mol. The second kappa shape index (κ2) is 6.74. The van der Waals surface area contributed by atoms with Crippen LogP contribution in [-0.2, 0) is 9.59 Å². The maximum atomic E-state index is 12.0. The van der Waals surface area contributed by atoms with Gasteiger partial charge in [0.15, 0.2) is 6.10 Å². The maximum absolute atomic E-state index is 12.0. The van der Waals surface area contributed by atoms with Crippen LogP contribution in [0.5, 0.6) is 5.75 Å². The van der Waals surface area contributed by atoms with Gasteiger partial charge in [0.25, 0.3) is 5.91 Å². The molecule has 0 bridgehead atoms. The molecule has 0 spiro atoms. The first-order chi connectivity index (χ1) is 9.54. The number of amides is 2. The predicted molar refractivity (Wildman–Crippen MR) is 78.4 cm³/mol. The van der Waals surface area contributed by atoms with Gasteiger partial charge in [-0.05, 0) is 31.5 Å². The van der Waals surface area contributed by atoms with Crippen molar-refractivity contribution in [3.05, 3.63) is 28.7 Å². The minimum absolute atomic E-state index is 0.0197. The topological polar surface area (TPSA) is 67.4 Å². The fourth-order valence-electron chi connectivity index (χ4n) is 1.97. The Labute approximate surface area is 126 Å². The van der Waals surface area contributed by atoms with Crippen molar-refractivity contribution in [3.8, 4) is 5.75 Å². The predicted octanol–water partition coefficient (Wildman–Crippen LogP) is 1.61. The van der Waals surface area contributed by atoms with Crippen LogP contribution in [0.15, 0.2) is 28.7 Å². The van der Waals surface area contributed by atoms with Crippen LogP contribution in [0.2, 0.25) is 0 Å². The van der Waals surface area contributed by atoms with Crippen LogP contribution >= 0.6 is 15.9 Å². The van der Waals surface area contributed by atoms with Crippen LogP contribution in [0.1, 0.15) is 19.8 Å². The van der Waals surface area contributed by atoms with Gasteiger partial charge in [0.05, 0.1) is 0 Å². The maximum Gasteiger partial charge on any atom is 0.261 e. The largest absolute Gasteiger partial charge is 0.481 e. The van der Waals surface area contributed by atoms with E-state index >= 15 is 0 Å². The number of rotatable bonds is 4. The van der Waals surface area contributed by atoms with Crippen LogP contribution in [0.4, 0.5) is 0 Å². The van der Waals surface area contributed by atoms with Crippen LogP contribution in [0.3, 0.4) is 0 Å². The summed E-state index contributed by atoms with van der Waals surface area (Å²) in [5, 5.41) is 5.62. The summed E-state index contributed by atoms with van der Waals surface area (Å²) < 4.78 is 6.49. The standard InChI is InChI=1S/C14H17BrN2O3/c1-9(20-12-4-2-3-10(15)7-12)14(19)17-11-5-6-13(18)16-8-11/h2-4,7,9,11H,5-6,8H2,1H3,(H,16,18)(H,17,19)/t9-,11+/m1/s1. The Hall–Kier alpha value is -1.56. The molecule has 1 aromatic rings. The highest BCUT2D eigenvalue weighted by Gasteiger charge is 2.22. The molecule has 2 rings (SSSR count). The minimum atomic E-state index is -0.582. The summed E-state index contributed by atoms with van der Waals surface area (Å²) in [5.74, 6) is 0.499. The molecule has 0 aromatic heterocycles. The highest BCUT2D eigenvalue weighted by Crippen LogP contribution is 2.19. The van der Waals surface area contributed by atoms with Gasteiger partial charge in [-0.15, -0.1) is 0 Å². The Morgan fingerprint density at radius 1 is 1.55 bits per heavy atom. The van der Waals surface area contributed by atoms with Gasteiger partial charge in [-0.2, -0.15) is 0 Å². The number of benzene rings is 1. The number of ether oxygens (including phenoxy) is 1. The van der Waals surface area contributed by atoms with Gasteiger partial charge in [0.2, 0.25) is 5.91 Å². The number of halogens is 1. The summed E-state index contributed by atoms with van der Waals surface area (Å²) in [6, 6.07) is 7.33. The van der Waals surface area contributed by atoms with E-state index in [4.69, 9.17) is 4.74 Å². The van der Waals surface area contributed by atoms with E-state index in [1.54, 1.807) is 13.0 Å². The molecule has 0 radical (unpaired) electrons. The number of piperidine rings is 1. The van der Waals surface area contributed by atoms with Gasteiger partial charge in [0.1, 0.15) is 5.75 Å². The quantitative estimate of drug-likeness (QED) is 0.874. The normalized spacial score (nSPS) is 19.9. The third-order valence-electron chi connectivity index (χ3n) is 3.09. The average molecular weight is 341 g/mol. The summed E-state index contributed by atoms with van der Waals surface area (Å²) in [6.45, 7) is 2.19. The lowest BCUT2D eigenvalue weighted by molar-refractivity contribution is -0.129. The number of carbonyl (C=O) groups excluding carboxylic acids is 2. The smallest absolute Gasteiger partial charge is 0.261 e. The van der Waals surface area contributed by atoms with E-state index in [0.717, 1.165) is 4.47 Å². The molecule has 20 heavy (non-hydrogen) atoms. The molecule has 1 fully saturated rings. The van der Waals surface area contributed by atoms with E-state index < -0.39 is 6.10 Å². The molecule has 1 aliphatic rings. The Kier molecular flexibility index (Phi) is 5.00. The fraction of sp³-hybridized carbons (Fsp3) is 0.429. The summed E-state index contributed by atoms with van der Waals surface area (Å²) in [7, 11) is 0. The molecule has 2 atom stereocenters. The molecule has 1 saturated heterocycles. The van der Waals surface area contributed by atoms with Gasteiger partial charge in [0, 0.05) is 23.5 Å². The Balaban J connectivity index is 1.84. The second-order valence-electron chi connectivity index (χ2n) is 4.77. The molecule has 1 heterocycles. The first-order valence-corrected chi connectivity index (χ1v) is 7.33. The first-order valence-electron chi connectivity index (χ1n) is 6.54. The third-order valence-corrected chi connectivity index (χ3v) is 3.58. The van der Waals surface area contributed by atoms with Crippen molar-refractivity contribution in [2.24, 2.45) is 0 Å². The molecule has 5 nitrogen and oxygen atoms in total. The molecular formula is C14H17BrN2O3. The molecule has 6 heteroatoms. The first kappa shape index (κ1) is 14.8. The number of hydrogen-bond acceptors (Lipinski definition) is 3. The van der Waals surface area contributed by atoms with Crippen molar-refractivity contribution in [2.45, 2.75) is 31.9 Å². The zero-order valence-electron chi connectivity index (χ0n) is 11.2. The van der Waals surface area contributed by atoms with Crippen molar-refractivity contribution in [3.63, 3.8) is 0 Å². The van der Waals surface area contributed by atoms with E-state index in [1.165, 1.54) is 0 Å². The average Bonchev–Trinajstić information content (AvgIpc) is 2.41. The lowest BCUT2D eigenvalue weighted by atomic mass is 10.1.